The summed E-state index contributed by atoms with van der Waals surface area (Å²) in [6, 6.07) is 0. The summed E-state index contributed by atoms with van der Waals surface area (Å²) < 4.78 is 3.28. The van der Waals surface area contributed by atoms with E-state index in [9.17, 15) is 10.1 Å². The highest BCUT2D eigenvalue weighted by Gasteiger charge is 2.25. The quantitative estimate of drug-likeness (QED) is 0.647. The van der Waals surface area contributed by atoms with Crippen LogP contribution in [0.15, 0.2) is 6.20 Å². The lowest BCUT2D eigenvalue weighted by Crippen LogP contribution is -2.07. The molecular formula is C13H20N6O2. The van der Waals surface area contributed by atoms with Crippen LogP contribution in [0, 0.1) is 10.1 Å². The van der Waals surface area contributed by atoms with Gasteiger partial charge in [-0.15, -0.1) is 0 Å². The summed E-state index contributed by atoms with van der Waals surface area (Å²) in [4.78, 5) is 10.9. The number of aryl methyl sites for hydroxylation is 4. The number of anilines is 1. The van der Waals surface area contributed by atoms with E-state index in [1.54, 1.807) is 11.7 Å². The van der Waals surface area contributed by atoms with Gasteiger partial charge in [0.1, 0.15) is 5.69 Å². The fourth-order valence-corrected chi connectivity index (χ4v) is 2.40. The molecule has 0 saturated heterocycles. The van der Waals surface area contributed by atoms with Gasteiger partial charge >= 0.3 is 5.69 Å². The standard InChI is InChI=1S/C13H20N6O2/c1-5-10-9(8-17(3)15-10)7-14-13-12(19(20)21)11(6-2)16-18(13)4/h8,14H,5-7H2,1-4H3. The maximum Gasteiger partial charge on any atom is 0.333 e. The van der Waals surface area contributed by atoms with Crippen LogP contribution in [0.5, 0.6) is 0 Å². The molecule has 0 aliphatic rings. The Morgan fingerprint density at radius 3 is 2.48 bits per heavy atom. The summed E-state index contributed by atoms with van der Waals surface area (Å²) in [5.41, 5.74) is 2.58. The zero-order chi connectivity index (χ0) is 15.6. The Balaban J connectivity index is 2.27. The third-order valence-corrected chi connectivity index (χ3v) is 3.38. The van der Waals surface area contributed by atoms with Gasteiger partial charge in [0.25, 0.3) is 0 Å². The largest absolute Gasteiger partial charge is 0.360 e. The van der Waals surface area contributed by atoms with E-state index in [1.807, 2.05) is 27.1 Å². The van der Waals surface area contributed by atoms with Gasteiger partial charge in [0.15, 0.2) is 0 Å². The summed E-state index contributed by atoms with van der Waals surface area (Å²) in [7, 11) is 3.57. The first kappa shape index (κ1) is 15.0. The fourth-order valence-electron chi connectivity index (χ4n) is 2.40. The van der Waals surface area contributed by atoms with Gasteiger partial charge < -0.3 is 5.32 Å². The Morgan fingerprint density at radius 1 is 1.24 bits per heavy atom. The van der Waals surface area contributed by atoms with Crippen LogP contribution in [0.25, 0.3) is 0 Å². The molecule has 0 fully saturated rings. The second-order valence-corrected chi connectivity index (χ2v) is 4.86. The lowest BCUT2D eigenvalue weighted by molar-refractivity contribution is -0.384. The summed E-state index contributed by atoms with van der Waals surface area (Å²) >= 11 is 0. The number of rotatable bonds is 6. The van der Waals surface area contributed by atoms with Gasteiger partial charge in [-0.25, -0.2) is 4.68 Å². The predicted molar refractivity (Wildman–Crippen MR) is 79.2 cm³/mol. The lowest BCUT2D eigenvalue weighted by Gasteiger charge is -2.05. The Bertz CT molecular complexity index is 658. The highest BCUT2D eigenvalue weighted by Crippen LogP contribution is 2.28. The molecule has 0 aromatic carbocycles. The third-order valence-electron chi connectivity index (χ3n) is 3.38. The Kier molecular flexibility index (Phi) is 4.25. The number of hydrogen-bond acceptors (Lipinski definition) is 5. The van der Waals surface area contributed by atoms with Crippen molar-refractivity contribution in [1.82, 2.24) is 19.6 Å². The van der Waals surface area contributed by atoms with Crippen LogP contribution < -0.4 is 5.32 Å². The zero-order valence-corrected chi connectivity index (χ0v) is 12.8. The SMILES string of the molecule is CCc1nn(C)cc1CNc1c([N+](=O)[O-])c(CC)nn1C. The smallest absolute Gasteiger partial charge is 0.333 e. The van der Waals surface area contributed by atoms with Crippen molar-refractivity contribution < 1.29 is 4.92 Å². The molecule has 0 radical (unpaired) electrons. The zero-order valence-electron chi connectivity index (χ0n) is 12.8. The first-order chi connectivity index (χ1) is 9.97. The van der Waals surface area contributed by atoms with Gasteiger partial charge in [-0.1, -0.05) is 13.8 Å². The molecule has 21 heavy (non-hydrogen) atoms. The van der Waals surface area contributed by atoms with Crippen LogP contribution >= 0.6 is 0 Å². The summed E-state index contributed by atoms with van der Waals surface area (Å²) in [5.74, 6) is 0.433. The van der Waals surface area contributed by atoms with E-state index in [4.69, 9.17) is 0 Å². The van der Waals surface area contributed by atoms with Crippen LogP contribution in [-0.4, -0.2) is 24.5 Å². The molecule has 114 valence electrons. The summed E-state index contributed by atoms with van der Waals surface area (Å²) in [5, 5.41) is 22.9. The van der Waals surface area contributed by atoms with Gasteiger partial charge in [-0.3, -0.25) is 14.8 Å². The minimum Gasteiger partial charge on any atom is -0.360 e. The maximum atomic E-state index is 11.2. The van der Waals surface area contributed by atoms with Gasteiger partial charge in [0.05, 0.1) is 10.6 Å². The third kappa shape index (κ3) is 2.88. The van der Waals surface area contributed by atoms with Crippen LogP contribution in [0.2, 0.25) is 0 Å². The van der Waals surface area contributed by atoms with Gasteiger partial charge in [-0.2, -0.15) is 10.2 Å². The van der Waals surface area contributed by atoms with E-state index < -0.39 is 0 Å². The molecule has 2 aromatic heterocycles. The minimum atomic E-state index is -0.377. The molecule has 0 spiro atoms. The predicted octanol–water partition coefficient (Wildman–Crippen LogP) is 1.80. The molecule has 2 aromatic rings. The molecule has 0 saturated carbocycles. The highest BCUT2D eigenvalue weighted by atomic mass is 16.6. The van der Waals surface area contributed by atoms with Crippen molar-refractivity contribution in [2.75, 3.05) is 5.32 Å². The monoisotopic (exact) mass is 292 g/mol. The minimum absolute atomic E-state index is 0.0574. The van der Waals surface area contributed by atoms with Crippen LogP contribution in [-0.2, 0) is 33.5 Å². The molecule has 8 heteroatoms. The molecule has 8 nitrogen and oxygen atoms in total. The number of hydrogen-bond donors (Lipinski definition) is 1. The molecule has 1 N–H and O–H groups in total. The molecule has 0 bridgehead atoms. The highest BCUT2D eigenvalue weighted by molar-refractivity contribution is 5.60. The van der Waals surface area contributed by atoms with E-state index >= 15 is 0 Å². The van der Waals surface area contributed by atoms with E-state index in [0.717, 1.165) is 17.7 Å². The summed E-state index contributed by atoms with van der Waals surface area (Å²) in [6.07, 6.45) is 3.28. The maximum absolute atomic E-state index is 11.2. The number of aromatic nitrogens is 4. The van der Waals surface area contributed by atoms with E-state index in [1.165, 1.54) is 4.68 Å². The van der Waals surface area contributed by atoms with Crippen molar-refractivity contribution in [3.8, 4) is 0 Å². The number of nitro groups is 1. The average molecular weight is 292 g/mol. The fraction of sp³-hybridized carbons (Fsp3) is 0.538. The van der Waals surface area contributed by atoms with Crippen molar-refractivity contribution in [1.29, 1.82) is 0 Å². The lowest BCUT2D eigenvalue weighted by atomic mass is 10.2. The molecule has 0 unspecified atom stereocenters. The normalized spacial score (nSPS) is 10.9. The molecule has 2 heterocycles. The molecule has 0 aliphatic heterocycles. The molecular weight excluding hydrogens is 272 g/mol. The average Bonchev–Trinajstić information content (AvgIpc) is 2.96. The van der Waals surface area contributed by atoms with Gasteiger partial charge in [0, 0.05) is 32.4 Å². The van der Waals surface area contributed by atoms with Crippen molar-refractivity contribution in [2.45, 2.75) is 33.2 Å². The Morgan fingerprint density at radius 2 is 1.90 bits per heavy atom. The van der Waals surface area contributed by atoms with E-state index in [-0.39, 0.29) is 10.6 Å². The van der Waals surface area contributed by atoms with E-state index in [2.05, 4.69) is 15.5 Å². The molecule has 0 aliphatic carbocycles. The second-order valence-electron chi connectivity index (χ2n) is 4.86. The molecule has 0 atom stereocenters. The van der Waals surface area contributed by atoms with Crippen molar-refractivity contribution >= 4 is 11.5 Å². The van der Waals surface area contributed by atoms with Gasteiger partial charge in [-0.05, 0) is 12.8 Å². The van der Waals surface area contributed by atoms with Crippen LogP contribution in [0.4, 0.5) is 11.5 Å². The van der Waals surface area contributed by atoms with Crippen molar-refractivity contribution in [3.05, 3.63) is 33.3 Å². The summed E-state index contributed by atoms with van der Waals surface area (Å²) in [6.45, 7) is 4.38. The molecule has 2 rings (SSSR count). The first-order valence-corrected chi connectivity index (χ1v) is 6.93. The van der Waals surface area contributed by atoms with Crippen molar-refractivity contribution in [3.63, 3.8) is 0 Å². The van der Waals surface area contributed by atoms with Crippen molar-refractivity contribution in [2.24, 2.45) is 14.1 Å². The van der Waals surface area contributed by atoms with Crippen LogP contribution in [0.1, 0.15) is 30.8 Å². The Labute approximate surface area is 122 Å². The second kappa shape index (κ2) is 5.94. The molecule has 0 amide bonds. The number of nitrogens with zero attached hydrogens (tertiary/aromatic N) is 5. The Hall–Kier alpha value is -2.38. The first-order valence-electron chi connectivity index (χ1n) is 6.93. The topological polar surface area (TPSA) is 90.8 Å². The van der Waals surface area contributed by atoms with E-state index in [0.29, 0.717) is 24.5 Å². The van der Waals surface area contributed by atoms with Gasteiger partial charge in [0.2, 0.25) is 5.82 Å². The number of nitrogens with one attached hydrogen (secondary N) is 1. The van der Waals surface area contributed by atoms with Crippen LogP contribution in [0.3, 0.4) is 0 Å².